The van der Waals surface area contributed by atoms with Crippen LogP contribution in [-0.2, 0) is 25.6 Å². The highest BCUT2D eigenvalue weighted by atomic mass is 16.5. The van der Waals surface area contributed by atoms with E-state index in [9.17, 15) is 19.6 Å². The van der Waals surface area contributed by atoms with E-state index in [1.165, 1.54) is 12.1 Å². The third kappa shape index (κ3) is 6.08. The van der Waals surface area contributed by atoms with Crippen LogP contribution in [0.4, 0.5) is 5.69 Å². The highest BCUT2D eigenvalue weighted by Gasteiger charge is 2.17. The van der Waals surface area contributed by atoms with Crippen molar-refractivity contribution >= 4 is 29.6 Å². The number of hydrogen-bond acceptors (Lipinski definition) is 6. The summed E-state index contributed by atoms with van der Waals surface area (Å²) >= 11 is 0. The number of rotatable bonds is 9. The minimum atomic E-state index is -0.901. The fourth-order valence-corrected chi connectivity index (χ4v) is 3.21. The first-order chi connectivity index (χ1) is 15.3. The highest BCUT2D eigenvalue weighted by molar-refractivity contribution is 6.03. The minimum absolute atomic E-state index is 0.189. The van der Waals surface area contributed by atoms with Crippen molar-refractivity contribution in [2.24, 2.45) is 0 Å². The van der Waals surface area contributed by atoms with Crippen molar-refractivity contribution in [2.45, 2.75) is 40.7 Å². The Morgan fingerprint density at radius 2 is 1.88 bits per heavy atom. The first-order valence-corrected chi connectivity index (χ1v) is 10.3. The van der Waals surface area contributed by atoms with Crippen LogP contribution >= 0.6 is 0 Å². The lowest BCUT2D eigenvalue weighted by atomic mass is 10.1. The van der Waals surface area contributed by atoms with E-state index in [0.717, 1.165) is 29.9 Å². The molecule has 1 N–H and O–H groups in total. The van der Waals surface area contributed by atoms with Gasteiger partial charge in [0, 0.05) is 17.9 Å². The topological polar surface area (TPSA) is 110 Å². The second-order valence-electron chi connectivity index (χ2n) is 7.04. The van der Waals surface area contributed by atoms with Crippen LogP contribution in [0.25, 0.3) is 6.08 Å². The Hall–Kier alpha value is -3.86. The molecule has 168 valence electrons. The van der Waals surface area contributed by atoms with Crippen molar-refractivity contribution in [1.82, 2.24) is 4.57 Å². The maximum atomic E-state index is 12.4. The van der Waals surface area contributed by atoms with Crippen LogP contribution in [0.15, 0.2) is 35.9 Å². The molecule has 0 bridgehead atoms. The molecule has 0 aliphatic carbocycles. The van der Waals surface area contributed by atoms with Crippen LogP contribution < -0.4 is 5.32 Å². The van der Waals surface area contributed by atoms with E-state index in [2.05, 4.69) is 16.8 Å². The molecule has 0 aliphatic rings. The van der Waals surface area contributed by atoms with Gasteiger partial charge in [0.2, 0.25) is 0 Å². The van der Waals surface area contributed by atoms with Gasteiger partial charge in [-0.2, -0.15) is 5.26 Å². The second-order valence-corrected chi connectivity index (χ2v) is 7.04. The Morgan fingerprint density at radius 3 is 2.53 bits per heavy atom. The molecule has 0 radical (unpaired) electrons. The average Bonchev–Trinajstić information content (AvgIpc) is 3.04. The number of nitriles is 1. The summed E-state index contributed by atoms with van der Waals surface area (Å²) in [5.41, 5.74) is 2.94. The number of aromatic nitrogens is 1. The molecular weight excluding hydrogens is 410 g/mol. The number of carbonyl (C=O) groups excluding carboxylic acids is 3. The van der Waals surface area contributed by atoms with Crippen LogP contribution in [-0.4, -0.2) is 35.6 Å². The summed E-state index contributed by atoms with van der Waals surface area (Å²) in [5.74, 6) is -2.12. The fraction of sp³-hybridized carbons (Fsp3) is 0.333. The number of hydrogen-bond donors (Lipinski definition) is 1. The maximum absolute atomic E-state index is 12.4. The van der Waals surface area contributed by atoms with Crippen LogP contribution in [0.3, 0.4) is 0 Å². The molecule has 2 rings (SSSR count). The van der Waals surface area contributed by atoms with Crippen LogP contribution in [0, 0.1) is 25.2 Å². The molecule has 0 atom stereocenters. The quantitative estimate of drug-likeness (QED) is 0.363. The highest BCUT2D eigenvalue weighted by Crippen LogP contribution is 2.19. The van der Waals surface area contributed by atoms with Gasteiger partial charge in [0.15, 0.2) is 6.61 Å². The lowest BCUT2D eigenvalue weighted by Crippen LogP contribution is -2.22. The number of nitrogens with one attached hydrogen (secondary N) is 1. The molecule has 2 aromatic rings. The first-order valence-electron chi connectivity index (χ1n) is 10.3. The summed E-state index contributed by atoms with van der Waals surface area (Å²) in [6, 6.07) is 10.1. The third-order valence-corrected chi connectivity index (χ3v) is 4.73. The Bertz CT molecular complexity index is 1080. The SMILES string of the molecule is CCCn1c(C)cc(/C=C(/C#N)C(=O)OCC(=O)Nc2ccccc2C(=O)OCC)c1C. The van der Waals surface area contributed by atoms with Gasteiger partial charge in [-0.05, 0) is 57.0 Å². The second kappa shape index (κ2) is 11.5. The molecule has 8 nitrogen and oxygen atoms in total. The van der Waals surface area contributed by atoms with Crippen molar-refractivity contribution < 1.29 is 23.9 Å². The van der Waals surface area contributed by atoms with E-state index in [1.54, 1.807) is 25.1 Å². The number of amides is 1. The van der Waals surface area contributed by atoms with Gasteiger partial charge in [-0.25, -0.2) is 9.59 Å². The van der Waals surface area contributed by atoms with Gasteiger partial charge < -0.3 is 19.4 Å². The Labute approximate surface area is 187 Å². The van der Waals surface area contributed by atoms with Crippen molar-refractivity contribution in [3.8, 4) is 6.07 Å². The monoisotopic (exact) mass is 437 g/mol. The van der Waals surface area contributed by atoms with E-state index in [1.807, 2.05) is 26.0 Å². The third-order valence-electron chi connectivity index (χ3n) is 4.73. The number of carbonyl (C=O) groups is 3. The summed E-state index contributed by atoms with van der Waals surface area (Å²) in [5, 5.41) is 11.9. The molecule has 0 saturated heterocycles. The van der Waals surface area contributed by atoms with E-state index < -0.39 is 24.5 Å². The molecule has 0 aliphatic heterocycles. The van der Waals surface area contributed by atoms with Gasteiger partial charge in [0.05, 0.1) is 17.9 Å². The standard InChI is InChI=1S/C24H27N3O5/c1-5-11-27-16(3)12-18(17(27)4)13-19(14-25)23(29)32-15-22(28)26-21-10-8-7-9-20(21)24(30)31-6-2/h7-10,12-13H,5-6,11,15H2,1-4H3,(H,26,28)/b19-13-. The Balaban J connectivity index is 2.06. The van der Waals surface area contributed by atoms with Gasteiger partial charge in [-0.15, -0.1) is 0 Å². The number of benzene rings is 1. The molecular formula is C24H27N3O5. The van der Waals surface area contributed by atoms with Crippen molar-refractivity contribution in [3.05, 3.63) is 58.4 Å². The minimum Gasteiger partial charge on any atom is -0.462 e. The Kier molecular flexibility index (Phi) is 8.78. The molecule has 0 saturated carbocycles. The molecule has 1 aromatic carbocycles. The largest absolute Gasteiger partial charge is 0.462 e. The zero-order chi connectivity index (χ0) is 23.7. The van der Waals surface area contributed by atoms with Gasteiger partial charge in [0.1, 0.15) is 11.6 Å². The summed E-state index contributed by atoms with van der Waals surface area (Å²) in [6.07, 6.45) is 2.42. The fourth-order valence-electron chi connectivity index (χ4n) is 3.21. The summed E-state index contributed by atoms with van der Waals surface area (Å²) < 4.78 is 12.1. The number of nitrogens with zero attached hydrogens (tertiary/aromatic N) is 2. The lowest BCUT2D eigenvalue weighted by Gasteiger charge is -2.10. The van der Waals surface area contributed by atoms with Gasteiger partial charge in [-0.3, -0.25) is 4.79 Å². The molecule has 1 aromatic heterocycles. The summed E-state index contributed by atoms with van der Waals surface area (Å²) in [6.45, 7) is 8.06. The van der Waals surface area contributed by atoms with Crippen molar-refractivity contribution in [3.63, 3.8) is 0 Å². The molecule has 8 heteroatoms. The Morgan fingerprint density at radius 1 is 1.16 bits per heavy atom. The van der Waals surface area contributed by atoms with Crippen LogP contribution in [0.1, 0.15) is 47.6 Å². The number of esters is 2. The zero-order valence-corrected chi connectivity index (χ0v) is 18.7. The predicted octanol–water partition coefficient (Wildman–Crippen LogP) is 3.78. The van der Waals surface area contributed by atoms with Gasteiger partial charge in [0.25, 0.3) is 5.91 Å². The number of ether oxygens (including phenoxy) is 2. The van der Waals surface area contributed by atoms with E-state index in [4.69, 9.17) is 9.47 Å². The summed E-state index contributed by atoms with van der Waals surface area (Å²) in [4.78, 5) is 36.6. The van der Waals surface area contributed by atoms with Crippen LogP contribution in [0.2, 0.25) is 0 Å². The number of para-hydroxylation sites is 1. The predicted molar refractivity (Wildman–Crippen MR) is 120 cm³/mol. The average molecular weight is 437 g/mol. The number of anilines is 1. The van der Waals surface area contributed by atoms with Gasteiger partial charge >= 0.3 is 11.9 Å². The molecule has 1 heterocycles. The van der Waals surface area contributed by atoms with E-state index in [-0.39, 0.29) is 23.4 Å². The van der Waals surface area contributed by atoms with E-state index >= 15 is 0 Å². The van der Waals surface area contributed by atoms with E-state index in [0.29, 0.717) is 0 Å². The molecule has 0 spiro atoms. The van der Waals surface area contributed by atoms with Crippen LogP contribution in [0.5, 0.6) is 0 Å². The normalized spacial score (nSPS) is 10.9. The molecule has 0 fully saturated rings. The molecule has 0 unspecified atom stereocenters. The maximum Gasteiger partial charge on any atom is 0.349 e. The molecule has 32 heavy (non-hydrogen) atoms. The summed E-state index contributed by atoms with van der Waals surface area (Å²) in [7, 11) is 0. The first kappa shape index (κ1) is 24.4. The molecule has 1 amide bonds. The van der Waals surface area contributed by atoms with Crippen molar-refractivity contribution in [2.75, 3.05) is 18.5 Å². The van der Waals surface area contributed by atoms with Gasteiger partial charge in [-0.1, -0.05) is 19.1 Å². The number of aryl methyl sites for hydroxylation is 1. The van der Waals surface area contributed by atoms with Crippen molar-refractivity contribution in [1.29, 1.82) is 5.26 Å². The zero-order valence-electron chi connectivity index (χ0n) is 18.7. The lowest BCUT2D eigenvalue weighted by molar-refractivity contribution is -0.142. The smallest absolute Gasteiger partial charge is 0.349 e.